The molecular formula is C36H43NO6. The van der Waals surface area contributed by atoms with Gasteiger partial charge in [-0.05, 0) is 78.8 Å². The first-order valence-electron chi connectivity index (χ1n) is 15.4. The minimum Gasteiger partial charge on any atom is -0.493 e. The number of nitrogens with zero attached hydrogens (tertiary/aromatic N) is 1. The van der Waals surface area contributed by atoms with Gasteiger partial charge < -0.3 is 19.3 Å². The third-order valence-corrected chi connectivity index (χ3v) is 8.69. The molecule has 7 heteroatoms. The molecule has 1 N–H and O–H groups in total. The molecule has 0 saturated carbocycles. The van der Waals surface area contributed by atoms with Crippen molar-refractivity contribution in [2.75, 3.05) is 32.9 Å². The lowest BCUT2D eigenvalue weighted by Gasteiger charge is -2.27. The van der Waals surface area contributed by atoms with Crippen LogP contribution in [-0.2, 0) is 33.6 Å². The lowest BCUT2D eigenvalue weighted by molar-refractivity contribution is -0.143. The van der Waals surface area contributed by atoms with E-state index in [2.05, 4.69) is 24.0 Å². The number of hydrogen-bond donors (Lipinski definition) is 1. The monoisotopic (exact) mass is 585 g/mol. The van der Waals surface area contributed by atoms with Crippen LogP contribution in [-0.4, -0.2) is 60.8 Å². The van der Waals surface area contributed by atoms with E-state index in [1.165, 1.54) is 5.56 Å². The molecule has 2 aliphatic rings. The largest absolute Gasteiger partial charge is 0.493 e. The molecule has 228 valence electrons. The summed E-state index contributed by atoms with van der Waals surface area (Å²) in [7, 11) is 0. The standard InChI is InChI=1S/C36H43NO6/c1-5-25-8-6-7-24(4)31(25)20-29(38)21-37-22-32(27-11-14-33-28(19-27)15-16-43-33)34(36(39)40)35(37)26-9-12-30(13-10-26)42-18-17-41-23(2)3/h6-14,19,23,32,34-35H,5,15-18,20-22H2,1-4H3,(H,39,40)/t32-,34-,35+/m1/s1. The number of rotatable bonds is 13. The third kappa shape index (κ3) is 7.11. The highest BCUT2D eigenvalue weighted by Crippen LogP contribution is 2.47. The number of carbonyl (C=O) groups is 2. The topological polar surface area (TPSA) is 85.3 Å². The van der Waals surface area contributed by atoms with E-state index in [1.807, 2.05) is 69.3 Å². The summed E-state index contributed by atoms with van der Waals surface area (Å²) in [6.45, 7) is 10.4. The van der Waals surface area contributed by atoms with Crippen LogP contribution >= 0.6 is 0 Å². The molecule has 0 amide bonds. The number of carboxylic acid groups (broad SMARTS) is 1. The predicted molar refractivity (Wildman–Crippen MR) is 166 cm³/mol. The first kappa shape index (κ1) is 30.8. The third-order valence-electron chi connectivity index (χ3n) is 8.69. The second-order valence-corrected chi connectivity index (χ2v) is 11.9. The molecule has 3 aromatic rings. The van der Waals surface area contributed by atoms with Crippen molar-refractivity contribution in [1.29, 1.82) is 0 Å². The SMILES string of the molecule is CCc1cccc(C)c1CC(=O)CN1C[C@H](c2ccc3c(c2)CCO3)[C@@H](C(=O)O)[C@@H]1c1ccc(OCCOC(C)C)cc1. The van der Waals surface area contributed by atoms with Gasteiger partial charge in [0.05, 0.1) is 31.8 Å². The van der Waals surface area contributed by atoms with Gasteiger partial charge in [0, 0.05) is 31.3 Å². The first-order chi connectivity index (χ1) is 20.7. The number of aryl methyl sites for hydroxylation is 2. The van der Waals surface area contributed by atoms with Gasteiger partial charge in [-0.15, -0.1) is 0 Å². The Labute approximate surface area is 254 Å². The lowest BCUT2D eigenvalue weighted by atomic mass is 9.82. The van der Waals surface area contributed by atoms with Crippen LogP contribution in [0.15, 0.2) is 60.7 Å². The quantitative estimate of drug-likeness (QED) is 0.248. The molecule has 0 spiro atoms. The zero-order valence-electron chi connectivity index (χ0n) is 25.7. The maximum Gasteiger partial charge on any atom is 0.309 e. The molecule has 0 unspecified atom stereocenters. The van der Waals surface area contributed by atoms with Crippen molar-refractivity contribution in [3.05, 3.63) is 94.0 Å². The van der Waals surface area contributed by atoms with Crippen LogP contribution < -0.4 is 9.47 Å². The van der Waals surface area contributed by atoms with Gasteiger partial charge in [-0.2, -0.15) is 0 Å². The normalized spacial score (nSPS) is 19.8. The summed E-state index contributed by atoms with van der Waals surface area (Å²) < 4.78 is 17.1. The van der Waals surface area contributed by atoms with Crippen LogP contribution in [0, 0.1) is 12.8 Å². The van der Waals surface area contributed by atoms with Crippen LogP contribution in [0.25, 0.3) is 0 Å². The van der Waals surface area contributed by atoms with Crippen molar-refractivity contribution in [3.8, 4) is 11.5 Å². The number of aliphatic carboxylic acids is 1. The van der Waals surface area contributed by atoms with Gasteiger partial charge in [0.2, 0.25) is 0 Å². The average molecular weight is 586 g/mol. The van der Waals surface area contributed by atoms with Gasteiger partial charge >= 0.3 is 5.97 Å². The molecule has 0 bridgehead atoms. The van der Waals surface area contributed by atoms with E-state index in [9.17, 15) is 14.7 Å². The van der Waals surface area contributed by atoms with Gasteiger partial charge in [-0.1, -0.05) is 49.4 Å². The molecule has 1 fully saturated rings. The Balaban J connectivity index is 1.42. The minimum atomic E-state index is -0.861. The van der Waals surface area contributed by atoms with E-state index < -0.39 is 17.9 Å². The number of Topliss-reactive ketones (excluding diaryl/α,β-unsaturated/α-hetero) is 1. The number of carbonyl (C=O) groups excluding carboxylic acids is 1. The van der Waals surface area contributed by atoms with E-state index in [4.69, 9.17) is 14.2 Å². The molecule has 2 aliphatic heterocycles. The summed E-state index contributed by atoms with van der Waals surface area (Å²) in [6, 6.07) is 19.4. The maximum atomic E-state index is 13.6. The fourth-order valence-electron chi connectivity index (χ4n) is 6.60. The molecule has 7 nitrogen and oxygen atoms in total. The summed E-state index contributed by atoms with van der Waals surface area (Å²) in [6.07, 6.45) is 2.16. The van der Waals surface area contributed by atoms with Gasteiger partial charge in [0.15, 0.2) is 5.78 Å². The Morgan fingerprint density at radius 1 is 1.05 bits per heavy atom. The van der Waals surface area contributed by atoms with Gasteiger partial charge in [-0.25, -0.2) is 0 Å². The van der Waals surface area contributed by atoms with Gasteiger partial charge in [-0.3, -0.25) is 14.5 Å². The molecule has 0 radical (unpaired) electrons. The highest BCUT2D eigenvalue weighted by molar-refractivity contribution is 5.84. The average Bonchev–Trinajstić information content (AvgIpc) is 3.61. The zero-order valence-corrected chi connectivity index (χ0v) is 25.7. The van der Waals surface area contributed by atoms with Crippen molar-refractivity contribution >= 4 is 11.8 Å². The van der Waals surface area contributed by atoms with Crippen molar-refractivity contribution in [2.45, 2.75) is 65.0 Å². The van der Waals surface area contributed by atoms with Crippen molar-refractivity contribution in [1.82, 2.24) is 4.90 Å². The van der Waals surface area contributed by atoms with E-state index in [0.29, 0.717) is 38.5 Å². The van der Waals surface area contributed by atoms with Crippen LogP contribution in [0.1, 0.15) is 66.1 Å². The Morgan fingerprint density at radius 2 is 1.81 bits per heavy atom. The number of hydrogen-bond acceptors (Lipinski definition) is 6. The number of ketones is 1. The number of fused-ring (bicyclic) bond motifs is 1. The van der Waals surface area contributed by atoms with Crippen LogP contribution in [0.3, 0.4) is 0 Å². The van der Waals surface area contributed by atoms with Crippen molar-refractivity contribution in [3.63, 3.8) is 0 Å². The Morgan fingerprint density at radius 3 is 2.53 bits per heavy atom. The van der Waals surface area contributed by atoms with E-state index in [1.54, 1.807) is 0 Å². The van der Waals surface area contributed by atoms with E-state index in [0.717, 1.165) is 46.4 Å². The molecule has 0 aliphatic carbocycles. The number of benzene rings is 3. The smallest absolute Gasteiger partial charge is 0.309 e. The fourth-order valence-corrected chi connectivity index (χ4v) is 6.60. The number of likely N-dealkylation sites (tertiary alicyclic amines) is 1. The molecule has 2 heterocycles. The molecule has 3 atom stereocenters. The summed E-state index contributed by atoms with van der Waals surface area (Å²) in [4.78, 5) is 28.7. The van der Waals surface area contributed by atoms with Crippen LogP contribution in [0.2, 0.25) is 0 Å². The predicted octanol–water partition coefficient (Wildman–Crippen LogP) is 5.95. The Hall–Kier alpha value is -3.68. The maximum absolute atomic E-state index is 13.6. The zero-order chi connectivity index (χ0) is 30.5. The molecule has 43 heavy (non-hydrogen) atoms. The van der Waals surface area contributed by atoms with Gasteiger partial charge in [0.25, 0.3) is 0 Å². The van der Waals surface area contributed by atoms with E-state index in [-0.39, 0.29) is 24.3 Å². The molecule has 5 rings (SSSR count). The lowest BCUT2D eigenvalue weighted by Crippen LogP contribution is -2.33. The highest BCUT2D eigenvalue weighted by atomic mass is 16.5. The summed E-state index contributed by atoms with van der Waals surface area (Å²) in [5, 5.41) is 10.6. The number of ether oxygens (including phenoxy) is 3. The van der Waals surface area contributed by atoms with Crippen LogP contribution in [0.5, 0.6) is 11.5 Å². The Kier molecular flexibility index (Phi) is 9.83. The second kappa shape index (κ2) is 13.7. The highest BCUT2D eigenvalue weighted by Gasteiger charge is 2.48. The van der Waals surface area contributed by atoms with Crippen molar-refractivity contribution < 1.29 is 28.9 Å². The van der Waals surface area contributed by atoms with Crippen molar-refractivity contribution in [2.24, 2.45) is 5.92 Å². The summed E-state index contributed by atoms with van der Waals surface area (Å²) in [5.41, 5.74) is 6.34. The number of carboxylic acids is 1. The summed E-state index contributed by atoms with van der Waals surface area (Å²) >= 11 is 0. The second-order valence-electron chi connectivity index (χ2n) is 11.9. The molecule has 3 aromatic carbocycles. The van der Waals surface area contributed by atoms with E-state index >= 15 is 0 Å². The van der Waals surface area contributed by atoms with Gasteiger partial charge in [0.1, 0.15) is 18.1 Å². The Bertz CT molecular complexity index is 1430. The molecule has 0 aromatic heterocycles. The summed E-state index contributed by atoms with van der Waals surface area (Å²) in [5.74, 6) is -0.188. The molecule has 1 saturated heterocycles. The fraction of sp³-hybridized carbons (Fsp3) is 0.444. The van der Waals surface area contributed by atoms with Crippen LogP contribution in [0.4, 0.5) is 0 Å². The minimum absolute atomic E-state index is 0.0891. The molecular weight excluding hydrogens is 542 g/mol. The first-order valence-corrected chi connectivity index (χ1v) is 15.4.